The minimum atomic E-state index is -0.146. The molecule has 4 rings (SSSR count). The Labute approximate surface area is 150 Å². The topological polar surface area (TPSA) is 60.1 Å². The fourth-order valence-corrected chi connectivity index (χ4v) is 3.46. The van der Waals surface area contributed by atoms with Crippen molar-refractivity contribution in [2.45, 2.75) is 32.2 Å². The highest BCUT2D eigenvalue weighted by atomic mass is 35.5. The summed E-state index contributed by atoms with van der Waals surface area (Å²) in [6.07, 6.45) is 2.16. The molecule has 2 aromatic heterocycles. The van der Waals surface area contributed by atoms with Gasteiger partial charge in [0.05, 0.1) is 17.1 Å². The van der Waals surface area contributed by atoms with Gasteiger partial charge in [0.1, 0.15) is 17.3 Å². The van der Waals surface area contributed by atoms with E-state index in [0.29, 0.717) is 17.2 Å². The van der Waals surface area contributed by atoms with E-state index in [9.17, 15) is 4.79 Å². The van der Waals surface area contributed by atoms with E-state index >= 15 is 0 Å². The Morgan fingerprint density at radius 3 is 2.84 bits per heavy atom. The van der Waals surface area contributed by atoms with Crippen LogP contribution in [0.15, 0.2) is 47.0 Å². The first-order valence-electron chi connectivity index (χ1n) is 8.26. The second kappa shape index (κ2) is 6.08. The molecule has 0 spiro atoms. The number of nitrogens with one attached hydrogen (secondary N) is 1. The van der Waals surface area contributed by atoms with E-state index in [1.165, 1.54) is 0 Å². The van der Waals surface area contributed by atoms with Gasteiger partial charge in [-0.25, -0.2) is 4.68 Å². The third kappa shape index (κ3) is 2.74. The average molecular weight is 356 g/mol. The van der Waals surface area contributed by atoms with Crippen LogP contribution in [0.1, 0.15) is 43.6 Å². The third-order valence-corrected chi connectivity index (χ3v) is 4.77. The van der Waals surface area contributed by atoms with E-state index in [2.05, 4.69) is 10.4 Å². The highest BCUT2D eigenvalue weighted by Crippen LogP contribution is 2.40. The smallest absolute Gasteiger partial charge is 0.226 e. The van der Waals surface area contributed by atoms with Gasteiger partial charge in [0, 0.05) is 23.6 Å². The fraction of sp³-hybridized carbons (Fsp3) is 0.263. The van der Waals surface area contributed by atoms with Crippen LogP contribution < -0.4 is 5.32 Å². The van der Waals surface area contributed by atoms with E-state index in [0.717, 1.165) is 22.7 Å². The highest BCUT2D eigenvalue weighted by molar-refractivity contribution is 6.33. The summed E-state index contributed by atoms with van der Waals surface area (Å²) in [5, 5.41) is 8.00. The molecule has 1 aromatic carbocycles. The van der Waals surface area contributed by atoms with Gasteiger partial charge in [-0.2, -0.15) is 5.10 Å². The van der Waals surface area contributed by atoms with Crippen molar-refractivity contribution < 1.29 is 9.21 Å². The van der Waals surface area contributed by atoms with Gasteiger partial charge < -0.3 is 9.73 Å². The number of furan rings is 1. The largest absolute Gasteiger partial charge is 0.460 e. The number of amides is 1. The molecule has 1 amide bonds. The van der Waals surface area contributed by atoms with Gasteiger partial charge in [0.15, 0.2) is 0 Å². The monoisotopic (exact) mass is 355 g/mol. The first-order chi connectivity index (χ1) is 12.0. The van der Waals surface area contributed by atoms with E-state index in [1.54, 1.807) is 0 Å². The number of aromatic nitrogens is 2. The molecule has 1 atom stereocenters. The molecule has 0 radical (unpaired) electrons. The van der Waals surface area contributed by atoms with Crippen LogP contribution in [0.2, 0.25) is 5.02 Å². The molecule has 0 bridgehead atoms. The summed E-state index contributed by atoms with van der Waals surface area (Å²) in [4.78, 5) is 12.2. The van der Waals surface area contributed by atoms with Crippen molar-refractivity contribution in [2.24, 2.45) is 0 Å². The lowest BCUT2D eigenvalue weighted by atomic mass is 9.92. The number of fused-ring (bicyclic) bond motifs is 1. The van der Waals surface area contributed by atoms with Crippen molar-refractivity contribution in [1.29, 1.82) is 0 Å². The maximum atomic E-state index is 12.2. The van der Waals surface area contributed by atoms with Crippen molar-refractivity contribution in [2.75, 3.05) is 5.32 Å². The molecule has 0 saturated carbocycles. The summed E-state index contributed by atoms with van der Waals surface area (Å²) in [5.41, 5.74) is 1.82. The predicted octanol–water partition coefficient (Wildman–Crippen LogP) is 4.85. The first-order valence-corrected chi connectivity index (χ1v) is 8.64. The Hall–Kier alpha value is -2.53. The molecule has 0 saturated heterocycles. The van der Waals surface area contributed by atoms with E-state index in [4.69, 9.17) is 16.0 Å². The van der Waals surface area contributed by atoms with Gasteiger partial charge in [-0.1, -0.05) is 23.7 Å². The SMILES string of the molecule is CC(C)n1ncc2c1NC(=O)CC2c1ccc(-c2ccccc2Cl)o1. The number of anilines is 1. The normalized spacial score (nSPS) is 16.8. The average Bonchev–Trinajstić information content (AvgIpc) is 3.21. The number of benzene rings is 1. The molecule has 0 fully saturated rings. The third-order valence-electron chi connectivity index (χ3n) is 4.45. The van der Waals surface area contributed by atoms with Gasteiger partial charge in [0.25, 0.3) is 0 Å². The number of carbonyl (C=O) groups is 1. The molecular weight excluding hydrogens is 338 g/mol. The molecule has 1 N–H and O–H groups in total. The van der Waals surface area contributed by atoms with Crippen LogP contribution in [0.25, 0.3) is 11.3 Å². The van der Waals surface area contributed by atoms with E-state index in [-0.39, 0.29) is 17.9 Å². The van der Waals surface area contributed by atoms with Crippen molar-refractivity contribution in [3.63, 3.8) is 0 Å². The summed E-state index contributed by atoms with van der Waals surface area (Å²) >= 11 is 6.26. The van der Waals surface area contributed by atoms with Crippen molar-refractivity contribution >= 4 is 23.3 Å². The Morgan fingerprint density at radius 1 is 1.28 bits per heavy atom. The molecule has 6 heteroatoms. The summed E-state index contributed by atoms with van der Waals surface area (Å²) in [7, 11) is 0. The molecule has 3 aromatic rings. The van der Waals surface area contributed by atoms with Crippen LogP contribution >= 0.6 is 11.6 Å². The highest BCUT2D eigenvalue weighted by Gasteiger charge is 2.32. The molecule has 1 aliphatic heterocycles. The Bertz CT molecular complexity index is 942. The number of hydrogen-bond donors (Lipinski definition) is 1. The van der Waals surface area contributed by atoms with Gasteiger partial charge >= 0.3 is 0 Å². The maximum absolute atomic E-state index is 12.2. The van der Waals surface area contributed by atoms with Gasteiger partial charge in [-0.05, 0) is 38.1 Å². The zero-order chi connectivity index (χ0) is 17.6. The summed E-state index contributed by atoms with van der Waals surface area (Å²) in [5.74, 6) is 2.02. The molecule has 1 unspecified atom stereocenters. The maximum Gasteiger partial charge on any atom is 0.226 e. The first kappa shape index (κ1) is 16.0. The van der Waals surface area contributed by atoms with Crippen LogP contribution in [0.5, 0.6) is 0 Å². The molecule has 5 nitrogen and oxygen atoms in total. The minimum absolute atomic E-state index is 0.0319. The second-order valence-electron chi connectivity index (χ2n) is 6.47. The van der Waals surface area contributed by atoms with Crippen molar-refractivity contribution in [1.82, 2.24) is 9.78 Å². The lowest BCUT2D eigenvalue weighted by molar-refractivity contribution is -0.116. The molecule has 3 heterocycles. The predicted molar refractivity (Wildman–Crippen MR) is 96.9 cm³/mol. The molecule has 1 aliphatic rings. The Balaban J connectivity index is 1.75. The lowest BCUT2D eigenvalue weighted by Crippen LogP contribution is -2.25. The van der Waals surface area contributed by atoms with Crippen molar-refractivity contribution in [3.05, 3.63) is 58.9 Å². The fourth-order valence-electron chi connectivity index (χ4n) is 3.23. The number of halogens is 1. The summed E-state index contributed by atoms with van der Waals surface area (Å²) < 4.78 is 7.89. The lowest BCUT2D eigenvalue weighted by Gasteiger charge is -2.23. The molecule has 0 aliphatic carbocycles. The van der Waals surface area contributed by atoms with Crippen LogP contribution in [0.3, 0.4) is 0 Å². The number of hydrogen-bond acceptors (Lipinski definition) is 3. The second-order valence-corrected chi connectivity index (χ2v) is 6.88. The molecule has 25 heavy (non-hydrogen) atoms. The molecular formula is C19H18ClN3O2. The van der Waals surface area contributed by atoms with E-state index < -0.39 is 0 Å². The Kier molecular flexibility index (Phi) is 3.88. The van der Waals surface area contributed by atoms with Crippen LogP contribution in [-0.4, -0.2) is 15.7 Å². The van der Waals surface area contributed by atoms with Gasteiger partial charge in [-0.15, -0.1) is 0 Å². The summed E-state index contributed by atoms with van der Waals surface area (Å²) in [6.45, 7) is 4.07. The zero-order valence-corrected chi connectivity index (χ0v) is 14.7. The number of rotatable bonds is 3. The Morgan fingerprint density at radius 2 is 2.08 bits per heavy atom. The van der Waals surface area contributed by atoms with Crippen LogP contribution in [0.4, 0.5) is 5.82 Å². The minimum Gasteiger partial charge on any atom is -0.460 e. The van der Waals surface area contributed by atoms with E-state index in [1.807, 2.05) is 61.1 Å². The number of nitrogens with zero attached hydrogens (tertiary/aromatic N) is 2. The summed E-state index contributed by atoms with van der Waals surface area (Å²) in [6, 6.07) is 11.5. The van der Waals surface area contributed by atoms with Crippen LogP contribution in [-0.2, 0) is 4.79 Å². The molecule has 128 valence electrons. The zero-order valence-electron chi connectivity index (χ0n) is 14.0. The quantitative estimate of drug-likeness (QED) is 0.730. The standard InChI is InChI=1S/C19H18ClN3O2/c1-11(2)23-19-14(10-21-23)13(9-18(24)22-19)17-8-7-16(25-17)12-5-3-4-6-15(12)20/h3-8,10-11,13H,9H2,1-2H3,(H,22,24). The van der Waals surface area contributed by atoms with Crippen LogP contribution in [0, 0.1) is 0 Å². The van der Waals surface area contributed by atoms with Gasteiger partial charge in [-0.3, -0.25) is 4.79 Å². The number of carbonyl (C=O) groups excluding carboxylic acids is 1. The van der Waals surface area contributed by atoms with Gasteiger partial charge in [0.2, 0.25) is 5.91 Å². The van der Waals surface area contributed by atoms with Crippen molar-refractivity contribution in [3.8, 4) is 11.3 Å².